The van der Waals surface area contributed by atoms with E-state index in [1.165, 1.54) is 0 Å². The monoisotopic (exact) mass is 213 g/mol. The van der Waals surface area contributed by atoms with Crippen molar-refractivity contribution < 1.29 is 0 Å². The number of hydrazone groups is 1. The summed E-state index contributed by atoms with van der Waals surface area (Å²) in [7, 11) is 0. The van der Waals surface area contributed by atoms with Crippen molar-refractivity contribution in [3.63, 3.8) is 0 Å². The van der Waals surface area contributed by atoms with E-state index in [4.69, 9.17) is 5.73 Å². The number of nitrogens with one attached hydrogen (secondary N) is 1. The average molecular weight is 213 g/mol. The first-order valence-corrected chi connectivity index (χ1v) is 5.18. The van der Waals surface area contributed by atoms with Crippen LogP contribution in [0.1, 0.15) is 18.2 Å². The third-order valence-corrected chi connectivity index (χ3v) is 2.45. The van der Waals surface area contributed by atoms with E-state index in [-0.39, 0.29) is 5.11 Å². The van der Waals surface area contributed by atoms with Crippen LogP contribution in [-0.4, -0.2) is 10.8 Å². The van der Waals surface area contributed by atoms with Crippen LogP contribution >= 0.6 is 23.6 Å². The highest BCUT2D eigenvalue weighted by molar-refractivity contribution is 7.80. The van der Waals surface area contributed by atoms with Crippen LogP contribution in [0.5, 0.6) is 0 Å². The average Bonchev–Trinajstić information content (AvgIpc) is 2.58. The van der Waals surface area contributed by atoms with Crippen LogP contribution in [0.2, 0.25) is 0 Å². The minimum Gasteiger partial charge on any atom is -0.375 e. The summed E-state index contributed by atoms with van der Waals surface area (Å²) in [6, 6.07) is 4.01. The fraction of sp³-hybridized carbons (Fsp3) is 0.250. The number of rotatable bonds is 3. The summed E-state index contributed by atoms with van der Waals surface area (Å²) in [5.41, 5.74) is 8.83. The van der Waals surface area contributed by atoms with E-state index < -0.39 is 0 Å². The van der Waals surface area contributed by atoms with Gasteiger partial charge in [-0.1, -0.05) is 13.0 Å². The molecule has 0 radical (unpaired) electrons. The van der Waals surface area contributed by atoms with Crippen molar-refractivity contribution in [3.05, 3.63) is 22.4 Å². The Morgan fingerprint density at radius 2 is 2.54 bits per heavy atom. The Bertz CT molecular complexity index is 303. The SMILES string of the molecule is CCC(=NNC(N)=S)c1cccs1. The van der Waals surface area contributed by atoms with Gasteiger partial charge in [0, 0.05) is 0 Å². The Hall–Kier alpha value is -0.940. The first-order valence-electron chi connectivity index (χ1n) is 3.90. The third-order valence-electron chi connectivity index (χ3n) is 1.44. The zero-order valence-corrected chi connectivity index (χ0v) is 8.91. The van der Waals surface area contributed by atoms with E-state index >= 15 is 0 Å². The first kappa shape index (κ1) is 10.1. The summed E-state index contributed by atoms with van der Waals surface area (Å²) in [5.74, 6) is 0. The van der Waals surface area contributed by atoms with Gasteiger partial charge in [0.25, 0.3) is 0 Å². The van der Waals surface area contributed by atoms with Crippen molar-refractivity contribution in [1.29, 1.82) is 0 Å². The molecule has 0 aliphatic heterocycles. The lowest BCUT2D eigenvalue weighted by molar-refractivity contribution is 1.02. The van der Waals surface area contributed by atoms with E-state index in [1.54, 1.807) is 11.3 Å². The second-order valence-electron chi connectivity index (χ2n) is 2.37. The Labute approximate surface area is 86.6 Å². The molecule has 0 spiro atoms. The van der Waals surface area contributed by atoms with Crippen molar-refractivity contribution in [2.75, 3.05) is 0 Å². The molecule has 0 amide bonds. The number of hydrogen-bond donors (Lipinski definition) is 2. The fourth-order valence-corrected chi connectivity index (χ4v) is 1.71. The number of hydrogen-bond acceptors (Lipinski definition) is 3. The Balaban J connectivity index is 2.73. The van der Waals surface area contributed by atoms with Crippen LogP contribution in [-0.2, 0) is 0 Å². The highest BCUT2D eigenvalue weighted by Crippen LogP contribution is 2.11. The third kappa shape index (κ3) is 3.12. The van der Waals surface area contributed by atoms with Gasteiger partial charge < -0.3 is 5.73 Å². The summed E-state index contributed by atoms with van der Waals surface area (Å²) < 4.78 is 0. The van der Waals surface area contributed by atoms with Crippen LogP contribution in [0.3, 0.4) is 0 Å². The molecule has 0 aliphatic rings. The molecule has 0 saturated carbocycles. The quantitative estimate of drug-likeness (QED) is 0.456. The Kier molecular flexibility index (Phi) is 3.85. The van der Waals surface area contributed by atoms with Crippen LogP contribution < -0.4 is 11.2 Å². The van der Waals surface area contributed by atoms with Gasteiger partial charge >= 0.3 is 0 Å². The fourth-order valence-electron chi connectivity index (χ4n) is 0.874. The molecule has 0 saturated heterocycles. The minimum atomic E-state index is 0.197. The molecule has 0 fully saturated rings. The molecule has 1 aromatic heterocycles. The van der Waals surface area contributed by atoms with Crippen molar-refractivity contribution in [2.24, 2.45) is 10.8 Å². The van der Waals surface area contributed by atoms with Gasteiger partial charge in [0.15, 0.2) is 5.11 Å². The summed E-state index contributed by atoms with van der Waals surface area (Å²) in [4.78, 5) is 1.14. The van der Waals surface area contributed by atoms with Crippen molar-refractivity contribution in [1.82, 2.24) is 5.43 Å². The number of thiophene rings is 1. The maximum Gasteiger partial charge on any atom is 0.184 e. The molecule has 1 rings (SSSR count). The van der Waals surface area contributed by atoms with Crippen LogP contribution in [0, 0.1) is 0 Å². The molecule has 1 heterocycles. The maximum atomic E-state index is 5.27. The zero-order chi connectivity index (χ0) is 9.68. The van der Waals surface area contributed by atoms with Gasteiger partial charge in [-0.05, 0) is 30.1 Å². The molecule has 70 valence electrons. The highest BCUT2D eigenvalue weighted by atomic mass is 32.1. The standard InChI is InChI=1S/C8H11N3S2/c1-2-6(10-11-8(9)12)7-4-3-5-13-7/h3-5H,2H2,1H3,(H3,9,11,12). The Morgan fingerprint density at radius 3 is 3.00 bits per heavy atom. The summed E-state index contributed by atoms with van der Waals surface area (Å²) in [6.07, 6.45) is 0.857. The number of nitrogens with two attached hydrogens (primary N) is 1. The second-order valence-corrected chi connectivity index (χ2v) is 3.75. The highest BCUT2D eigenvalue weighted by Gasteiger charge is 2.01. The van der Waals surface area contributed by atoms with E-state index in [9.17, 15) is 0 Å². The molecule has 5 heteroatoms. The van der Waals surface area contributed by atoms with E-state index in [0.717, 1.165) is 17.0 Å². The molecule has 0 bridgehead atoms. The summed E-state index contributed by atoms with van der Waals surface area (Å²) in [5, 5.41) is 6.31. The molecule has 0 aromatic carbocycles. The molecule has 1 aromatic rings. The van der Waals surface area contributed by atoms with E-state index in [0.29, 0.717) is 0 Å². The number of thiocarbonyl (C=S) groups is 1. The van der Waals surface area contributed by atoms with Gasteiger partial charge in [-0.2, -0.15) is 5.10 Å². The first-order chi connectivity index (χ1) is 6.24. The molecular formula is C8H11N3S2. The van der Waals surface area contributed by atoms with Crippen molar-refractivity contribution >= 4 is 34.4 Å². The smallest absolute Gasteiger partial charge is 0.184 e. The molecule has 3 nitrogen and oxygen atoms in total. The largest absolute Gasteiger partial charge is 0.375 e. The summed E-state index contributed by atoms with van der Waals surface area (Å²) in [6.45, 7) is 2.04. The van der Waals surface area contributed by atoms with Gasteiger partial charge in [-0.3, -0.25) is 5.43 Å². The molecule has 0 atom stereocenters. The lowest BCUT2D eigenvalue weighted by Crippen LogP contribution is -2.25. The molecule has 13 heavy (non-hydrogen) atoms. The van der Waals surface area contributed by atoms with E-state index in [1.807, 2.05) is 24.4 Å². The van der Waals surface area contributed by atoms with Gasteiger partial charge in [-0.15, -0.1) is 11.3 Å². The predicted octanol–water partition coefficient (Wildman–Crippen LogP) is 1.70. The van der Waals surface area contributed by atoms with Crippen LogP contribution in [0.15, 0.2) is 22.6 Å². The van der Waals surface area contributed by atoms with Crippen LogP contribution in [0.4, 0.5) is 0 Å². The normalized spacial score (nSPS) is 11.3. The minimum absolute atomic E-state index is 0.197. The Morgan fingerprint density at radius 1 is 1.77 bits per heavy atom. The van der Waals surface area contributed by atoms with Crippen molar-refractivity contribution in [2.45, 2.75) is 13.3 Å². The zero-order valence-electron chi connectivity index (χ0n) is 7.28. The molecule has 3 N–H and O–H groups in total. The van der Waals surface area contributed by atoms with Crippen molar-refractivity contribution in [3.8, 4) is 0 Å². The van der Waals surface area contributed by atoms with Gasteiger partial charge in [0.05, 0.1) is 10.6 Å². The van der Waals surface area contributed by atoms with Crippen LogP contribution in [0.25, 0.3) is 0 Å². The molecule has 0 aliphatic carbocycles. The predicted molar refractivity (Wildman–Crippen MR) is 61.1 cm³/mol. The maximum absolute atomic E-state index is 5.27. The van der Waals surface area contributed by atoms with Gasteiger partial charge in [-0.25, -0.2) is 0 Å². The summed E-state index contributed by atoms with van der Waals surface area (Å²) >= 11 is 6.31. The molecular weight excluding hydrogens is 202 g/mol. The lowest BCUT2D eigenvalue weighted by Gasteiger charge is -2.00. The van der Waals surface area contributed by atoms with Gasteiger partial charge in [0.1, 0.15) is 0 Å². The molecule has 0 unspecified atom stereocenters. The second kappa shape index (κ2) is 4.94. The van der Waals surface area contributed by atoms with Gasteiger partial charge in [0.2, 0.25) is 0 Å². The lowest BCUT2D eigenvalue weighted by atomic mass is 10.2. The number of nitrogens with zero attached hydrogens (tertiary/aromatic N) is 1. The van der Waals surface area contributed by atoms with E-state index in [2.05, 4.69) is 22.7 Å². The topological polar surface area (TPSA) is 50.4 Å².